The van der Waals surface area contributed by atoms with Crippen LogP contribution in [0.5, 0.6) is 23.0 Å². The molecule has 0 saturated carbocycles. The van der Waals surface area contributed by atoms with Gasteiger partial charge in [0, 0.05) is 24.3 Å². The van der Waals surface area contributed by atoms with Gasteiger partial charge in [0.15, 0.2) is 23.0 Å². The minimum atomic E-state index is 0. The Labute approximate surface area is 178 Å². The van der Waals surface area contributed by atoms with Gasteiger partial charge >= 0.3 is 0 Å². The average Bonchev–Trinajstić information content (AvgIpc) is 2.64. The molecule has 3 N–H and O–H groups in total. The minimum Gasteiger partial charge on any atom is -0.504 e. The molecule has 8 heteroatoms. The number of hydrogen-bond acceptors (Lipinski definition) is 6. The lowest BCUT2D eigenvalue weighted by Gasteiger charge is -2.35. The zero-order chi connectivity index (χ0) is 18.8. The monoisotopic (exact) mass is 430 g/mol. The van der Waals surface area contributed by atoms with Gasteiger partial charge in [-0.2, -0.15) is 0 Å². The van der Waals surface area contributed by atoms with Crippen LogP contribution in [0.2, 0.25) is 0 Å². The van der Waals surface area contributed by atoms with E-state index in [0.29, 0.717) is 29.4 Å². The number of halogens is 2. The normalized spacial score (nSPS) is 15.6. The molecule has 0 saturated heterocycles. The van der Waals surface area contributed by atoms with Crippen molar-refractivity contribution in [3.05, 3.63) is 41.0 Å². The third kappa shape index (κ3) is 4.51. The molecular weight excluding hydrogens is 403 g/mol. The molecule has 0 fully saturated rings. The van der Waals surface area contributed by atoms with Gasteiger partial charge in [0.25, 0.3) is 0 Å². The van der Waals surface area contributed by atoms with Gasteiger partial charge in [-0.3, -0.25) is 4.90 Å². The minimum absolute atomic E-state index is 0. The molecule has 0 bridgehead atoms. The number of fused-ring (bicyclic) bond motifs is 1. The number of nitrogens with two attached hydrogens (primary N) is 1. The summed E-state index contributed by atoms with van der Waals surface area (Å²) in [5.41, 5.74) is 10.2. The smallest absolute Gasteiger partial charge is 0.162 e. The van der Waals surface area contributed by atoms with Crippen molar-refractivity contribution in [2.75, 3.05) is 40.7 Å². The number of anilines is 1. The maximum atomic E-state index is 10.2. The van der Waals surface area contributed by atoms with Crippen molar-refractivity contribution >= 4 is 30.5 Å². The van der Waals surface area contributed by atoms with Gasteiger partial charge in [-0.15, -0.1) is 24.8 Å². The van der Waals surface area contributed by atoms with Crippen LogP contribution in [0.15, 0.2) is 24.3 Å². The van der Waals surface area contributed by atoms with E-state index < -0.39 is 0 Å². The zero-order valence-corrected chi connectivity index (χ0v) is 18.2. The first-order valence-corrected chi connectivity index (χ1v) is 8.58. The summed E-state index contributed by atoms with van der Waals surface area (Å²) >= 11 is 0. The third-order valence-electron chi connectivity index (χ3n) is 5.12. The molecule has 3 rings (SSSR count). The van der Waals surface area contributed by atoms with Crippen LogP contribution in [-0.2, 0) is 12.8 Å². The predicted molar refractivity (Wildman–Crippen MR) is 116 cm³/mol. The van der Waals surface area contributed by atoms with E-state index in [1.807, 2.05) is 18.2 Å². The Kier molecular flexibility index (Phi) is 8.54. The Morgan fingerprint density at radius 2 is 1.61 bits per heavy atom. The molecule has 1 aliphatic heterocycles. The number of phenolic OH excluding ortho intramolecular Hbond substituents is 1. The van der Waals surface area contributed by atoms with Crippen molar-refractivity contribution in [2.24, 2.45) is 0 Å². The second-order valence-corrected chi connectivity index (χ2v) is 6.58. The molecule has 6 nitrogen and oxygen atoms in total. The molecule has 1 unspecified atom stereocenters. The highest BCUT2D eigenvalue weighted by molar-refractivity contribution is 5.85. The first-order valence-electron chi connectivity index (χ1n) is 8.58. The quantitative estimate of drug-likeness (QED) is 0.705. The third-order valence-corrected chi connectivity index (χ3v) is 5.12. The van der Waals surface area contributed by atoms with Crippen molar-refractivity contribution in [1.29, 1.82) is 0 Å². The Hall–Kier alpha value is -2.02. The number of hydrogen-bond donors (Lipinski definition) is 2. The molecule has 0 radical (unpaired) electrons. The lowest BCUT2D eigenvalue weighted by molar-refractivity contribution is 0.228. The van der Waals surface area contributed by atoms with Gasteiger partial charge in [-0.1, -0.05) is 0 Å². The van der Waals surface area contributed by atoms with Crippen LogP contribution in [-0.4, -0.2) is 44.9 Å². The molecular formula is C20H28Cl2N2O4. The van der Waals surface area contributed by atoms with E-state index in [-0.39, 0.29) is 36.6 Å². The van der Waals surface area contributed by atoms with E-state index in [9.17, 15) is 5.11 Å². The molecule has 1 heterocycles. The standard InChI is InChI=1S/C20H26N2O4.2ClH/c1-22-6-5-12-8-18(24-2)17(23)10-14(12)16(22)7-13-9-19(25-3)20(26-4)11-15(13)21;;/h8-11,16,23H,5-7,21H2,1-4H3;2*1H. The highest BCUT2D eigenvalue weighted by atomic mass is 35.5. The molecule has 1 aliphatic rings. The number of nitrogen functional groups attached to an aromatic ring is 1. The lowest BCUT2D eigenvalue weighted by atomic mass is 9.88. The second-order valence-electron chi connectivity index (χ2n) is 6.58. The second kappa shape index (κ2) is 9.96. The SMILES string of the molecule is COc1cc2c(cc1O)C(Cc1cc(OC)c(OC)cc1N)N(C)CC2.Cl.Cl. The molecule has 28 heavy (non-hydrogen) atoms. The van der Waals surface area contributed by atoms with Crippen LogP contribution >= 0.6 is 24.8 Å². The van der Waals surface area contributed by atoms with E-state index in [2.05, 4.69) is 11.9 Å². The van der Waals surface area contributed by atoms with E-state index >= 15 is 0 Å². The van der Waals surface area contributed by atoms with Gasteiger partial charge < -0.3 is 25.1 Å². The molecule has 0 aromatic heterocycles. The van der Waals surface area contributed by atoms with Crippen molar-refractivity contribution in [3.8, 4) is 23.0 Å². The van der Waals surface area contributed by atoms with Crippen LogP contribution in [0.25, 0.3) is 0 Å². The summed E-state index contributed by atoms with van der Waals surface area (Å²) in [4.78, 5) is 2.28. The largest absolute Gasteiger partial charge is 0.504 e. The number of rotatable bonds is 5. The fourth-order valence-electron chi connectivity index (χ4n) is 3.59. The maximum absolute atomic E-state index is 10.2. The van der Waals surface area contributed by atoms with Crippen LogP contribution in [0, 0.1) is 0 Å². The molecule has 2 aromatic carbocycles. The topological polar surface area (TPSA) is 77.2 Å². The molecule has 0 aliphatic carbocycles. The van der Waals surface area contributed by atoms with E-state index in [1.165, 1.54) is 5.56 Å². The Bertz CT molecular complexity index is 817. The fourth-order valence-corrected chi connectivity index (χ4v) is 3.59. The lowest BCUT2D eigenvalue weighted by Crippen LogP contribution is -2.33. The number of ether oxygens (including phenoxy) is 3. The van der Waals surface area contributed by atoms with Gasteiger partial charge in [0.2, 0.25) is 0 Å². The summed E-state index contributed by atoms with van der Waals surface area (Å²) in [7, 11) is 6.87. The van der Waals surface area contributed by atoms with Crippen LogP contribution in [0.4, 0.5) is 5.69 Å². The Morgan fingerprint density at radius 3 is 2.21 bits per heavy atom. The number of nitrogens with zero attached hydrogens (tertiary/aromatic N) is 1. The summed E-state index contributed by atoms with van der Waals surface area (Å²) in [6.45, 7) is 0.929. The zero-order valence-electron chi connectivity index (χ0n) is 16.5. The summed E-state index contributed by atoms with van der Waals surface area (Å²) < 4.78 is 16.0. The van der Waals surface area contributed by atoms with Crippen molar-refractivity contribution in [2.45, 2.75) is 18.9 Å². The Morgan fingerprint density at radius 1 is 1.00 bits per heavy atom. The number of methoxy groups -OCH3 is 3. The first kappa shape index (κ1) is 24.0. The fraction of sp³-hybridized carbons (Fsp3) is 0.400. The van der Waals surface area contributed by atoms with Gasteiger partial charge in [-0.05, 0) is 54.8 Å². The van der Waals surface area contributed by atoms with E-state index in [1.54, 1.807) is 27.4 Å². The molecule has 1 atom stereocenters. The predicted octanol–water partition coefficient (Wildman–Crippen LogP) is 3.62. The van der Waals surface area contributed by atoms with Crippen LogP contribution in [0.1, 0.15) is 22.7 Å². The van der Waals surface area contributed by atoms with Gasteiger partial charge in [-0.25, -0.2) is 0 Å². The summed E-state index contributed by atoms with van der Waals surface area (Å²) in [5.74, 6) is 1.95. The van der Waals surface area contributed by atoms with Gasteiger partial charge in [0.1, 0.15) is 0 Å². The molecule has 0 spiro atoms. The molecule has 0 amide bonds. The summed E-state index contributed by atoms with van der Waals surface area (Å²) in [5, 5.41) is 10.2. The Balaban J connectivity index is 0.00000196. The number of phenols is 1. The summed E-state index contributed by atoms with van der Waals surface area (Å²) in [6, 6.07) is 7.58. The molecule has 156 valence electrons. The number of likely N-dealkylation sites (N-methyl/N-ethyl adjacent to an activating group) is 1. The number of benzene rings is 2. The van der Waals surface area contributed by atoms with Gasteiger partial charge in [0.05, 0.1) is 21.3 Å². The van der Waals surface area contributed by atoms with Crippen LogP contribution in [0.3, 0.4) is 0 Å². The van der Waals surface area contributed by atoms with Crippen molar-refractivity contribution in [1.82, 2.24) is 4.90 Å². The van der Waals surface area contributed by atoms with Crippen molar-refractivity contribution in [3.63, 3.8) is 0 Å². The highest BCUT2D eigenvalue weighted by Gasteiger charge is 2.27. The van der Waals surface area contributed by atoms with Crippen molar-refractivity contribution < 1.29 is 19.3 Å². The number of aromatic hydroxyl groups is 1. The maximum Gasteiger partial charge on any atom is 0.162 e. The van der Waals surface area contributed by atoms with Crippen LogP contribution < -0.4 is 19.9 Å². The van der Waals surface area contributed by atoms with E-state index in [4.69, 9.17) is 19.9 Å². The van der Waals surface area contributed by atoms with E-state index in [0.717, 1.165) is 24.1 Å². The average molecular weight is 431 g/mol. The highest BCUT2D eigenvalue weighted by Crippen LogP contribution is 2.40. The summed E-state index contributed by atoms with van der Waals surface area (Å²) in [6.07, 6.45) is 1.63. The molecule has 2 aromatic rings. The first-order chi connectivity index (χ1) is 12.5.